The Kier molecular flexibility index (Phi) is 9.29. The van der Waals surface area contributed by atoms with Gasteiger partial charge in [0.25, 0.3) is 5.91 Å². The van der Waals surface area contributed by atoms with Crippen LogP contribution in [0.4, 0.5) is 5.13 Å². The molecule has 0 aliphatic rings. The van der Waals surface area contributed by atoms with Crippen LogP contribution in [-0.2, 0) is 4.79 Å². The van der Waals surface area contributed by atoms with Gasteiger partial charge in [-0.3, -0.25) is 9.69 Å². The molecule has 0 fully saturated rings. The van der Waals surface area contributed by atoms with E-state index in [1.54, 1.807) is 16.2 Å². The molecule has 1 amide bonds. The fourth-order valence-electron chi connectivity index (χ4n) is 3.37. The molecule has 0 radical (unpaired) electrons. The van der Waals surface area contributed by atoms with Gasteiger partial charge in [0.2, 0.25) is 0 Å². The molecule has 31 heavy (non-hydrogen) atoms. The second-order valence-electron chi connectivity index (χ2n) is 7.48. The van der Waals surface area contributed by atoms with Crippen LogP contribution in [0.1, 0.15) is 30.5 Å². The van der Waals surface area contributed by atoms with Crippen LogP contribution < -0.4 is 9.64 Å². The zero-order chi connectivity index (χ0) is 21.7. The highest BCUT2D eigenvalue weighted by atomic mass is 35.5. The average Bonchev–Trinajstić information content (AvgIpc) is 3.18. The van der Waals surface area contributed by atoms with Crippen LogP contribution in [0.25, 0.3) is 10.2 Å². The Labute approximate surface area is 195 Å². The van der Waals surface area contributed by atoms with Gasteiger partial charge >= 0.3 is 0 Å². The van der Waals surface area contributed by atoms with E-state index in [4.69, 9.17) is 9.72 Å². The summed E-state index contributed by atoms with van der Waals surface area (Å²) in [5.74, 6) is 0.671. The summed E-state index contributed by atoms with van der Waals surface area (Å²) in [7, 11) is 0. The third-order valence-corrected chi connectivity index (χ3v) is 6.63. The molecule has 1 aromatic heterocycles. The summed E-state index contributed by atoms with van der Waals surface area (Å²) in [4.78, 5) is 22.1. The topological polar surface area (TPSA) is 45.7 Å². The Balaban J connectivity index is 0.00000341. The predicted molar refractivity (Wildman–Crippen MR) is 133 cm³/mol. The molecular weight excluding hydrogens is 430 g/mol. The zero-order valence-electron chi connectivity index (χ0n) is 19.0. The van der Waals surface area contributed by atoms with Gasteiger partial charge in [-0.05, 0) is 62.7 Å². The van der Waals surface area contributed by atoms with Crippen molar-refractivity contribution in [2.75, 3.05) is 37.7 Å². The summed E-state index contributed by atoms with van der Waals surface area (Å²) < 4.78 is 6.95. The molecular formula is C24H32ClN3O2S. The molecule has 168 valence electrons. The standard InChI is InChI=1S/C24H31N3O2S.ClH/c1-6-26(7-2)14-15-27(22(28)16-29-20-11-9-8-10-18(20)4)24-25-23-19(5)17(3)12-13-21(23)30-24;/h8-13H,6-7,14-16H2,1-5H3;1H. The number of ether oxygens (including phenoxy) is 1. The summed E-state index contributed by atoms with van der Waals surface area (Å²) >= 11 is 1.57. The fourth-order valence-corrected chi connectivity index (χ4v) is 4.44. The van der Waals surface area contributed by atoms with E-state index in [0.717, 1.165) is 46.3 Å². The van der Waals surface area contributed by atoms with Crippen LogP contribution in [0.5, 0.6) is 5.75 Å². The third-order valence-electron chi connectivity index (χ3n) is 5.58. The Hall–Kier alpha value is -2.15. The van der Waals surface area contributed by atoms with Crippen molar-refractivity contribution in [3.63, 3.8) is 0 Å². The van der Waals surface area contributed by atoms with Crippen molar-refractivity contribution in [2.24, 2.45) is 0 Å². The maximum Gasteiger partial charge on any atom is 0.266 e. The van der Waals surface area contributed by atoms with E-state index in [9.17, 15) is 4.79 Å². The van der Waals surface area contributed by atoms with Gasteiger partial charge in [-0.2, -0.15) is 0 Å². The lowest BCUT2D eigenvalue weighted by atomic mass is 10.1. The lowest BCUT2D eigenvalue weighted by molar-refractivity contribution is -0.120. The van der Waals surface area contributed by atoms with E-state index in [2.05, 4.69) is 44.7 Å². The van der Waals surface area contributed by atoms with E-state index in [0.29, 0.717) is 6.54 Å². The van der Waals surface area contributed by atoms with Crippen LogP contribution >= 0.6 is 23.7 Å². The monoisotopic (exact) mass is 461 g/mol. The van der Waals surface area contributed by atoms with E-state index in [1.165, 1.54) is 11.1 Å². The minimum atomic E-state index is -0.0705. The lowest BCUT2D eigenvalue weighted by Crippen LogP contribution is -2.41. The normalized spacial score (nSPS) is 10.9. The highest BCUT2D eigenvalue weighted by Crippen LogP contribution is 2.32. The number of hydrogen-bond acceptors (Lipinski definition) is 5. The highest BCUT2D eigenvalue weighted by Gasteiger charge is 2.22. The maximum absolute atomic E-state index is 13.2. The zero-order valence-corrected chi connectivity index (χ0v) is 20.6. The first-order chi connectivity index (χ1) is 14.4. The highest BCUT2D eigenvalue weighted by molar-refractivity contribution is 7.22. The summed E-state index contributed by atoms with van der Waals surface area (Å²) in [6, 6.07) is 12.0. The summed E-state index contributed by atoms with van der Waals surface area (Å²) in [6.45, 7) is 13.7. The first kappa shape index (κ1) is 25.1. The minimum absolute atomic E-state index is 0. The number of amides is 1. The number of rotatable bonds is 9. The van der Waals surface area contributed by atoms with Crippen LogP contribution in [-0.4, -0.2) is 48.6 Å². The fraction of sp³-hybridized carbons (Fsp3) is 0.417. The number of nitrogens with zero attached hydrogens (tertiary/aromatic N) is 3. The molecule has 0 bridgehead atoms. The molecule has 0 unspecified atom stereocenters. The molecule has 0 spiro atoms. The molecule has 3 rings (SSSR count). The Morgan fingerprint density at radius 1 is 1.00 bits per heavy atom. The van der Waals surface area contributed by atoms with Gasteiger partial charge in [-0.1, -0.05) is 49.4 Å². The van der Waals surface area contributed by atoms with E-state index < -0.39 is 0 Å². The van der Waals surface area contributed by atoms with Crippen molar-refractivity contribution in [3.05, 3.63) is 53.1 Å². The summed E-state index contributed by atoms with van der Waals surface area (Å²) in [5.41, 5.74) is 4.38. The molecule has 1 heterocycles. The molecule has 5 nitrogen and oxygen atoms in total. The largest absolute Gasteiger partial charge is 0.483 e. The first-order valence-electron chi connectivity index (χ1n) is 10.5. The number of para-hydroxylation sites is 1. The van der Waals surface area contributed by atoms with Gasteiger partial charge in [0.1, 0.15) is 5.75 Å². The quantitative estimate of drug-likeness (QED) is 0.428. The number of fused-ring (bicyclic) bond motifs is 1. The smallest absolute Gasteiger partial charge is 0.266 e. The van der Waals surface area contributed by atoms with Crippen molar-refractivity contribution in [3.8, 4) is 5.75 Å². The van der Waals surface area contributed by atoms with Gasteiger partial charge in [-0.15, -0.1) is 12.4 Å². The van der Waals surface area contributed by atoms with Gasteiger partial charge in [0.05, 0.1) is 10.2 Å². The number of carbonyl (C=O) groups excluding carboxylic acids is 1. The number of halogens is 1. The number of aryl methyl sites for hydroxylation is 3. The van der Waals surface area contributed by atoms with Crippen molar-refractivity contribution in [1.29, 1.82) is 0 Å². The number of hydrogen-bond donors (Lipinski definition) is 0. The number of aromatic nitrogens is 1. The van der Waals surface area contributed by atoms with Crippen molar-refractivity contribution in [1.82, 2.24) is 9.88 Å². The Morgan fingerprint density at radius 2 is 1.71 bits per heavy atom. The SMILES string of the molecule is CCN(CC)CCN(C(=O)COc1ccccc1C)c1nc2c(C)c(C)ccc2s1.Cl. The lowest BCUT2D eigenvalue weighted by Gasteiger charge is -2.24. The third kappa shape index (κ3) is 5.97. The number of thiazole rings is 1. The Morgan fingerprint density at radius 3 is 2.39 bits per heavy atom. The molecule has 7 heteroatoms. The molecule has 0 aliphatic heterocycles. The molecule has 0 saturated carbocycles. The van der Waals surface area contributed by atoms with Gasteiger partial charge < -0.3 is 9.64 Å². The number of benzene rings is 2. The van der Waals surface area contributed by atoms with E-state index in [-0.39, 0.29) is 24.9 Å². The van der Waals surface area contributed by atoms with Crippen molar-refractivity contribution in [2.45, 2.75) is 34.6 Å². The van der Waals surface area contributed by atoms with Gasteiger partial charge in [0, 0.05) is 13.1 Å². The number of likely N-dealkylation sites (N-methyl/N-ethyl adjacent to an activating group) is 1. The van der Waals surface area contributed by atoms with Gasteiger partial charge in [0.15, 0.2) is 11.7 Å². The molecule has 0 atom stereocenters. The second kappa shape index (κ2) is 11.5. The van der Waals surface area contributed by atoms with Crippen LogP contribution in [0.2, 0.25) is 0 Å². The molecule has 3 aromatic rings. The summed E-state index contributed by atoms with van der Waals surface area (Å²) in [6.07, 6.45) is 0. The van der Waals surface area contributed by atoms with Crippen LogP contribution in [0, 0.1) is 20.8 Å². The Bertz CT molecular complexity index is 1020. The molecule has 0 aliphatic carbocycles. The maximum atomic E-state index is 13.2. The summed E-state index contributed by atoms with van der Waals surface area (Å²) in [5, 5.41) is 0.740. The minimum Gasteiger partial charge on any atom is -0.483 e. The number of anilines is 1. The van der Waals surface area contributed by atoms with Crippen molar-refractivity contribution >= 4 is 45.0 Å². The molecule has 2 aromatic carbocycles. The first-order valence-corrected chi connectivity index (χ1v) is 11.3. The van der Waals surface area contributed by atoms with Gasteiger partial charge in [-0.25, -0.2) is 4.98 Å². The van der Waals surface area contributed by atoms with E-state index in [1.807, 2.05) is 31.2 Å². The predicted octanol–water partition coefficient (Wildman–Crippen LogP) is 5.40. The number of carbonyl (C=O) groups is 1. The molecule has 0 saturated heterocycles. The van der Waals surface area contributed by atoms with Crippen LogP contribution in [0.15, 0.2) is 36.4 Å². The van der Waals surface area contributed by atoms with Crippen LogP contribution in [0.3, 0.4) is 0 Å². The average molecular weight is 462 g/mol. The van der Waals surface area contributed by atoms with Crippen molar-refractivity contribution < 1.29 is 9.53 Å². The molecule has 0 N–H and O–H groups in total. The second-order valence-corrected chi connectivity index (χ2v) is 8.49. The van der Waals surface area contributed by atoms with E-state index >= 15 is 0 Å².